The molecule has 0 fully saturated rings. The van der Waals surface area contributed by atoms with E-state index in [2.05, 4.69) is 30.1 Å². The molecule has 0 amide bonds. The Bertz CT molecular complexity index is 704. The lowest BCUT2D eigenvalue weighted by Crippen LogP contribution is -2.02. The van der Waals surface area contributed by atoms with Crippen LogP contribution in [0.4, 0.5) is 0 Å². The van der Waals surface area contributed by atoms with E-state index in [1.807, 2.05) is 0 Å². The van der Waals surface area contributed by atoms with Crippen molar-refractivity contribution in [3.05, 3.63) is 37.9 Å². The van der Waals surface area contributed by atoms with Crippen LogP contribution >= 0.6 is 35.4 Å². The first-order valence-electron chi connectivity index (χ1n) is 4.62. The van der Waals surface area contributed by atoms with Crippen LogP contribution in [0.25, 0.3) is 10.9 Å². The molecule has 1 aromatic carbocycles. The number of phosphoric acid groups is 1. The average molecular weight is 371 g/mol. The lowest BCUT2D eigenvalue weighted by Gasteiger charge is -2.09. The van der Waals surface area contributed by atoms with Crippen molar-refractivity contribution in [3.8, 4) is 5.75 Å². The van der Waals surface area contributed by atoms with E-state index in [1.54, 1.807) is 12.1 Å². The van der Waals surface area contributed by atoms with Gasteiger partial charge >= 0.3 is 12.9 Å². The van der Waals surface area contributed by atoms with Gasteiger partial charge in [-0.1, -0.05) is 11.6 Å². The molecule has 0 saturated carbocycles. The molecule has 2 aromatic rings. The van der Waals surface area contributed by atoms with Gasteiger partial charge in [-0.2, -0.15) is 4.62 Å². The lowest BCUT2D eigenvalue weighted by molar-refractivity contribution is -0.717. The molecule has 2 rings (SSSR count). The zero-order valence-electron chi connectivity index (χ0n) is 8.87. The highest BCUT2D eigenvalue weighted by Gasteiger charge is 2.29. The fourth-order valence-corrected chi connectivity index (χ4v) is 2.61. The van der Waals surface area contributed by atoms with Gasteiger partial charge in [-0.05, 0) is 28.1 Å². The molecule has 8 nitrogen and oxygen atoms in total. The first-order valence-corrected chi connectivity index (χ1v) is 7.28. The number of fused-ring (bicyclic) bond motifs is 1. The minimum atomic E-state index is -4.87. The predicted octanol–water partition coefficient (Wildman–Crippen LogP) is 3.27. The van der Waals surface area contributed by atoms with Gasteiger partial charge in [0.05, 0.1) is 15.9 Å². The molecule has 102 valence electrons. The van der Waals surface area contributed by atoms with Gasteiger partial charge < -0.3 is 9.51 Å². The normalized spacial score (nSPS) is 14.1. The Morgan fingerprint density at radius 1 is 1.53 bits per heavy atom. The molecule has 1 atom stereocenters. The summed E-state index contributed by atoms with van der Waals surface area (Å²) in [5.74, 6) is -0.131. The van der Waals surface area contributed by atoms with Crippen LogP contribution in [-0.2, 0) is 9.19 Å². The Morgan fingerprint density at radius 3 is 2.84 bits per heavy atom. The van der Waals surface area contributed by atoms with E-state index >= 15 is 0 Å². The fraction of sp³-hybridized carbons (Fsp3) is 0. The highest BCUT2D eigenvalue weighted by molar-refractivity contribution is 9.10. The van der Waals surface area contributed by atoms with Gasteiger partial charge in [-0.3, -0.25) is 4.89 Å². The molecule has 0 bridgehead atoms. The molecule has 1 unspecified atom stereocenters. The number of H-pyrrole nitrogens is 1. The van der Waals surface area contributed by atoms with E-state index in [1.165, 1.54) is 6.20 Å². The Kier molecular flexibility index (Phi) is 3.73. The van der Waals surface area contributed by atoms with Gasteiger partial charge in [0, 0.05) is 10.7 Å². The van der Waals surface area contributed by atoms with Crippen LogP contribution < -0.4 is 4.52 Å². The number of hydrogen-bond donors (Lipinski definition) is 2. The van der Waals surface area contributed by atoms with Crippen molar-refractivity contribution in [2.24, 2.45) is 0 Å². The molecule has 1 heterocycles. The molecule has 0 aliphatic carbocycles. The number of benzene rings is 1. The number of aromatic amines is 1. The third-order valence-corrected chi connectivity index (χ3v) is 4.13. The Hall–Kier alpha value is -1.28. The highest BCUT2D eigenvalue weighted by Crippen LogP contribution is 2.47. The predicted molar refractivity (Wildman–Crippen MR) is 69.5 cm³/mol. The van der Waals surface area contributed by atoms with Crippen LogP contribution in [0.5, 0.6) is 5.75 Å². The average Bonchev–Trinajstić information content (AvgIpc) is 2.65. The molecule has 1 aromatic heterocycles. The van der Waals surface area contributed by atoms with Crippen molar-refractivity contribution in [1.29, 1.82) is 0 Å². The molecule has 11 heteroatoms. The van der Waals surface area contributed by atoms with Gasteiger partial charge in [0.25, 0.3) is 0 Å². The number of rotatable bonds is 4. The maximum atomic E-state index is 11.3. The van der Waals surface area contributed by atoms with Crippen LogP contribution in [0.3, 0.4) is 0 Å². The molecule has 0 saturated heterocycles. The largest absolute Gasteiger partial charge is 0.557 e. The maximum absolute atomic E-state index is 11.3. The topological polar surface area (TPSA) is 115 Å². The second kappa shape index (κ2) is 5.01. The third kappa shape index (κ3) is 3.01. The quantitative estimate of drug-likeness (QED) is 0.484. The zero-order valence-corrected chi connectivity index (χ0v) is 12.1. The molecular formula is C8H5BrClN2O6P. The standard InChI is InChI=1S/C8H5BrClN2O6P/c9-4-1-2-5-7(8(4)10)6(3-11-5)17-19(15,16)18-12(13)14/h1-3,11H,(H,15,16). The fourth-order valence-electron chi connectivity index (χ4n) is 1.42. The summed E-state index contributed by atoms with van der Waals surface area (Å²) in [6, 6.07) is 3.31. The monoisotopic (exact) mass is 370 g/mol. The Morgan fingerprint density at radius 2 is 2.21 bits per heavy atom. The number of hydrogen-bond acceptors (Lipinski definition) is 5. The van der Waals surface area contributed by atoms with Gasteiger partial charge in [-0.15, -0.1) is 10.1 Å². The van der Waals surface area contributed by atoms with Crippen molar-refractivity contribution >= 4 is 46.3 Å². The van der Waals surface area contributed by atoms with Crippen molar-refractivity contribution in [1.82, 2.24) is 4.98 Å². The van der Waals surface area contributed by atoms with Crippen molar-refractivity contribution in [2.75, 3.05) is 0 Å². The molecule has 19 heavy (non-hydrogen) atoms. The molecule has 0 spiro atoms. The Labute approximate surface area is 119 Å². The van der Waals surface area contributed by atoms with Crippen LogP contribution in [0.1, 0.15) is 0 Å². The number of halogens is 2. The minimum absolute atomic E-state index is 0.131. The first-order chi connectivity index (χ1) is 8.80. The number of aromatic nitrogens is 1. The van der Waals surface area contributed by atoms with Crippen LogP contribution in [-0.4, -0.2) is 15.0 Å². The van der Waals surface area contributed by atoms with Crippen molar-refractivity contribution in [2.45, 2.75) is 0 Å². The van der Waals surface area contributed by atoms with E-state index in [-0.39, 0.29) is 10.8 Å². The van der Waals surface area contributed by atoms with Gasteiger partial charge in [0.15, 0.2) is 5.75 Å². The van der Waals surface area contributed by atoms with Gasteiger partial charge in [0.1, 0.15) is 0 Å². The van der Waals surface area contributed by atoms with Crippen molar-refractivity contribution in [3.63, 3.8) is 0 Å². The number of nitrogens with one attached hydrogen (secondary N) is 1. The van der Waals surface area contributed by atoms with E-state index in [4.69, 9.17) is 11.6 Å². The SMILES string of the molecule is O=[N+]([O-])OP(=O)(O)Oc1c[nH]c2ccc(Br)c(Cl)c12. The van der Waals surface area contributed by atoms with Crippen molar-refractivity contribution < 1.29 is 23.7 Å². The maximum Gasteiger partial charge on any atom is 0.557 e. The summed E-state index contributed by atoms with van der Waals surface area (Å²) >= 11 is 9.20. The molecule has 0 radical (unpaired) electrons. The number of nitrogens with zero attached hydrogens (tertiary/aromatic N) is 1. The smallest absolute Gasteiger partial charge is 0.404 e. The summed E-state index contributed by atoms with van der Waals surface area (Å²) in [6.07, 6.45) is 1.25. The third-order valence-electron chi connectivity index (χ3n) is 2.08. The summed E-state index contributed by atoms with van der Waals surface area (Å²) in [7, 11) is -4.87. The van der Waals surface area contributed by atoms with E-state index in [0.717, 1.165) is 0 Å². The van der Waals surface area contributed by atoms with E-state index in [0.29, 0.717) is 15.4 Å². The summed E-state index contributed by atoms with van der Waals surface area (Å²) < 4.78 is 20.1. The second-order valence-electron chi connectivity index (χ2n) is 3.30. The van der Waals surface area contributed by atoms with Gasteiger partial charge in [-0.25, -0.2) is 4.57 Å². The van der Waals surface area contributed by atoms with E-state index < -0.39 is 12.9 Å². The van der Waals surface area contributed by atoms with Gasteiger partial charge in [0.2, 0.25) is 0 Å². The molecule has 2 N–H and O–H groups in total. The number of phosphoric ester groups is 1. The molecule has 0 aliphatic rings. The summed E-state index contributed by atoms with van der Waals surface area (Å²) in [5.41, 5.74) is 0.532. The molecular weight excluding hydrogens is 366 g/mol. The minimum Gasteiger partial charge on any atom is -0.404 e. The lowest BCUT2D eigenvalue weighted by atomic mass is 10.2. The summed E-state index contributed by atoms with van der Waals surface area (Å²) in [4.78, 5) is 22.0. The second-order valence-corrected chi connectivity index (χ2v) is 5.82. The van der Waals surface area contributed by atoms with Crippen LogP contribution in [0, 0.1) is 10.1 Å². The summed E-state index contributed by atoms with van der Waals surface area (Å²) in [5, 5.41) is 9.18. The Balaban J connectivity index is 2.44. The molecule has 0 aliphatic heterocycles. The summed E-state index contributed by atoms with van der Waals surface area (Å²) in [6.45, 7) is 0. The highest BCUT2D eigenvalue weighted by atomic mass is 79.9. The van der Waals surface area contributed by atoms with Crippen LogP contribution in [0.2, 0.25) is 5.02 Å². The zero-order chi connectivity index (χ0) is 14.2. The van der Waals surface area contributed by atoms with Crippen LogP contribution in [0.15, 0.2) is 22.8 Å². The van der Waals surface area contributed by atoms with E-state index in [9.17, 15) is 19.6 Å². The first kappa shape index (κ1) is 14.1.